The molecule has 0 aliphatic carbocycles. The predicted octanol–water partition coefficient (Wildman–Crippen LogP) is 2.42. The highest BCUT2D eigenvalue weighted by atomic mass is 16.6. The average molecular weight is 252 g/mol. The highest BCUT2D eigenvalue weighted by molar-refractivity contribution is 5.79. The first-order valence-corrected chi connectivity index (χ1v) is 5.57. The number of benzene rings is 1. The molecule has 0 fully saturated rings. The number of nitrogens with one attached hydrogen (secondary N) is 1. The van der Waals surface area contributed by atoms with Crippen LogP contribution < -0.4 is 5.32 Å². The Kier molecular flexibility index (Phi) is 4.25. The van der Waals surface area contributed by atoms with Crippen LogP contribution in [0.15, 0.2) is 18.2 Å². The van der Waals surface area contributed by atoms with E-state index in [4.69, 9.17) is 5.11 Å². The van der Waals surface area contributed by atoms with Crippen molar-refractivity contribution in [3.8, 4) is 0 Å². The maximum Gasteiger partial charge on any atom is 0.326 e. The molecular weight excluding hydrogens is 236 g/mol. The summed E-state index contributed by atoms with van der Waals surface area (Å²) in [6, 6.07) is 3.80. The van der Waals surface area contributed by atoms with Crippen LogP contribution in [0.3, 0.4) is 0 Å². The van der Waals surface area contributed by atoms with E-state index in [1.807, 2.05) is 0 Å². The first-order chi connectivity index (χ1) is 8.32. The number of hydrogen-bond acceptors (Lipinski definition) is 4. The van der Waals surface area contributed by atoms with Crippen LogP contribution in [0, 0.1) is 23.0 Å². The van der Waals surface area contributed by atoms with Crippen molar-refractivity contribution in [2.45, 2.75) is 26.8 Å². The number of nitro benzene ring substituents is 1. The Balaban J connectivity index is 3.10. The summed E-state index contributed by atoms with van der Waals surface area (Å²) in [4.78, 5) is 21.5. The van der Waals surface area contributed by atoms with E-state index in [0.29, 0.717) is 0 Å². The Labute approximate surface area is 105 Å². The zero-order valence-corrected chi connectivity index (χ0v) is 10.5. The number of carboxylic acid groups (broad SMARTS) is 1. The van der Waals surface area contributed by atoms with Gasteiger partial charge in [-0.05, 0) is 24.5 Å². The smallest absolute Gasteiger partial charge is 0.326 e. The van der Waals surface area contributed by atoms with Gasteiger partial charge in [0, 0.05) is 6.07 Å². The lowest BCUT2D eigenvalue weighted by Gasteiger charge is -2.19. The van der Waals surface area contributed by atoms with E-state index in [-0.39, 0.29) is 17.3 Å². The molecule has 0 spiro atoms. The summed E-state index contributed by atoms with van der Waals surface area (Å²) in [6.45, 7) is 5.23. The van der Waals surface area contributed by atoms with Crippen molar-refractivity contribution in [3.63, 3.8) is 0 Å². The van der Waals surface area contributed by atoms with E-state index in [2.05, 4.69) is 5.32 Å². The van der Waals surface area contributed by atoms with Crippen molar-refractivity contribution < 1.29 is 14.8 Å². The number of carboxylic acids is 1. The van der Waals surface area contributed by atoms with Gasteiger partial charge in [-0.2, -0.15) is 0 Å². The van der Waals surface area contributed by atoms with Gasteiger partial charge in [0.15, 0.2) is 0 Å². The minimum absolute atomic E-state index is 0.109. The van der Waals surface area contributed by atoms with E-state index in [1.165, 1.54) is 12.1 Å². The lowest BCUT2D eigenvalue weighted by Crippen LogP contribution is -2.34. The van der Waals surface area contributed by atoms with Gasteiger partial charge in [0.1, 0.15) is 11.7 Å². The first kappa shape index (κ1) is 14.0. The Morgan fingerprint density at radius 3 is 2.50 bits per heavy atom. The molecule has 0 unspecified atom stereocenters. The van der Waals surface area contributed by atoms with Crippen molar-refractivity contribution >= 4 is 17.3 Å². The molecule has 0 heterocycles. The zero-order valence-electron chi connectivity index (χ0n) is 10.5. The second kappa shape index (κ2) is 5.48. The molecule has 98 valence electrons. The fourth-order valence-corrected chi connectivity index (χ4v) is 1.60. The van der Waals surface area contributed by atoms with Crippen LogP contribution in [-0.4, -0.2) is 22.0 Å². The van der Waals surface area contributed by atoms with E-state index in [1.54, 1.807) is 26.8 Å². The van der Waals surface area contributed by atoms with Gasteiger partial charge >= 0.3 is 5.97 Å². The highest BCUT2D eigenvalue weighted by Gasteiger charge is 2.24. The molecule has 0 saturated carbocycles. The summed E-state index contributed by atoms with van der Waals surface area (Å²) in [5, 5.41) is 22.7. The molecule has 6 nitrogen and oxygen atoms in total. The molecule has 0 saturated heterocycles. The normalized spacial score (nSPS) is 12.2. The highest BCUT2D eigenvalue weighted by Crippen LogP contribution is 2.26. The van der Waals surface area contributed by atoms with Gasteiger partial charge < -0.3 is 10.4 Å². The number of anilines is 1. The second-order valence-corrected chi connectivity index (χ2v) is 4.48. The summed E-state index contributed by atoms with van der Waals surface area (Å²) in [5.41, 5.74) is 0.872. The Morgan fingerprint density at radius 1 is 1.44 bits per heavy atom. The van der Waals surface area contributed by atoms with Crippen LogP contribution in [-0.2, 0) is 4.79 Å². The predicted molar refractivity (Wildman–Crippen MR) is 67.7 cm³/mol. The van der Waals surface area contributed by atoms with Crippen LogP contribution in [0.2, 0.25) is 0 Å². The third kappa shape index (κ3) is 3.19. The standard InChI is InChI=1S/C12H16N2O4/c1-7(2)11(12(15)16)13-9-5-4-8(3)6-10(9)14(17)18/h4-7,11,13H,1-3H3,(H,15,16)/t11-/m0/s1. The molecule has 1 aromatic carbocycles. The Bertz CT molecular complexity index is 471. The van der Waals surface area contributed by atoms with Gasteiger partial charge in [-0.1, -0.05) is 19.9 Å². The number of aliphatic carboxylic acids is 1. The van der Waals surface area contributed by atoms with E-state index in [9.17, 15) is 14.9 Å². The molecule has 0 radical (unpaired) electrons. The number of hydrogen-bond donors (Lipinski definition) is 2. The van der Waals surface area contributed by atoms with Crippen LogP contribution in [0.5, 0.6) is 0 Å². The number of aryl methyl sites for hydroxylation is 1. The number of nitrogens with zero attached hydrogens (tertiary/aromatic N) is 1. The molecule has 1 rings (SSSR count). The number of nitro groups is 1. The molecule has 2 N–H and O–H groups in total. The minimum atomic E-state index is -1.03. The van der Waals surface area contributed by atoms with E-state index < -0.39 is 16.9 Å². The summed E-state index contributed by atoms with van der Waals surface area (Å²) in [5.74, 6) is -1.21. The lowest BCUT2D eigenvalue weighted by molar-refractivity contribution is -0.384. The first-order valence-electron chi connectivity index (χ1n) is 5.57. The third-order valence-electron chi connectivity index (χ3n) is 2.59. The largest absolute Gasteiger partial charge is 0.480 e. The fourth-order valence-electron chi connectivity index (χ4n) is 1.60. The van der Waals surface area contributed by atoms with Gasteiger partial charge in [0.25, 0.3) is 5.69 Å². The van der Waals surface area contributed by atoms with Gasteiger partial charge in [0.05, 0.1) is 4.92 Å². The van der Waals surface area contributed by atoms with Crippen molar-refractivity contribution in [3.05, 3.63) is 33.9 Å². The average Bonchev–Trinajstić information content (AvgIpc) is 2.25. The third-order valence-corrected chi connectivity index (χ3v) is 2.59. The molecule has 1 aromatic rings. The van der Waals surface area contributed by atoms with Crippen LogP contribution in [0.25, 0.3) is 0 Å². The van der Waals surface area contributed by atoms with Gasteiger partial charge in [-0.15, -0.1) is 0 Å². The molecule has 1 atom stereocenters. The Hall–Kier alpha value is -2.11. The SMILES string of the molecule is Cc1ccc(N[C@H](C(=O)O)C(C)C)c([N+](=O)[O-])c1. The van der Waals surface area contributed by atoms with Gasteiger partial charge in [-0.3, -0.25) is 10.1 Å². The van der Waals surface area contributed by atoms with Crippen molar-refractivity contribution in [2.24, 2.45) is 5.92 Å². The van der Waals surface area contributed by atoms with Gasteiger partial charge in [-0.25, -0.2) is 4.79 Å². The zero-order chi connectivity index (χ0) is 13.9. The summed E-state index contributed by atoms with van der Waals surface area (Å²) < 4.78 is 0. The van der Waals surface area contributed by atoms with Crippen LogP contribution >= 0.6 is 0 Å². The van der Waals surface area contributed by atoms with Crippen molar-refractivity contribution in [1.29, 1.82) is 0 Å². The molecule has 0 bridgehead atoms. The fraction of sp³-hybridized carbons (Fsp3) is 0.417. The number of carbonyl (C=O) groups is 1. The summed E-state index contributed by atoms with van der Waals surface area (Å²) >= 11 is 0. The van der Waals surface area contributed by atoms with E-state index in [0.717, 1.165) is 5.56 Å². The van der Waals surface area contributed by atoms with E-state index >= 15 is 0 Å². The molecule has 0 aromatic heterocycles. The molecule has 0 amide bonds. The molecule has 18 heavy (non-hydrogen) atoms. The molecule has 6 heteroatoms. The Morgan fingerprint density at radius 2 is 2.06 bits per heavy atom. The van der Waals surface area contributed by atoms with Crippen molar-refractivity contribution in [1.82, 2.24) is 0 Å². The monoisotopic (exact) mass is 252 g/mol. The topological polar surface area (TPSA) is 92.5 Å². The maximum absolute atomic E-state index is 11.1. The van der Waals surface area contributed by atoms with Crippen LogP contribution in [0.1, 0.15) is 19.4 Å². The number of rotatable bonds is 5. The minimum Gasteiger partial charge on any atom is -0.480 e. The van der Waals surface area contributed by atoms with Crippen molar-refractivity contribution in [2.75, 3.05) is 5.32 Å². The summed E-state index contributed by atoms with van der Waals surface area (Å²) in [7, 11) is 0. The molecule has 0 aliphatic heterocycles. The lowest BCUT2D eigenvalue weighted by atomic mass is 10.0. The van der Waals surface area contributed by atoms with Crippen LogP contribution in [0.4, 0.5) is 11.4 Å². The van der Waals surface area contributed by atoms with Gasteiger partial charge in [0.2, 0.25) is 0 Å². The molecular formula is C12H16N2O4. The second-order valence-electron chi connectivity index (χ2n) is 4.48. The quantitative estimate of drug-likeness (QED) is 0.620. The molecule has 0 aliphatic rings. The summed E-state index contributed by atoms with van der Waals surface area (Å²) in [6.07, 6.45) is 0. The maximum atomic E-state index is 11.1.